The first kappa shape index (κ1) is 23.7. The lowest BCUT2D eigenvalue weighted by molar-refractivity contribution is 0.102. The molecule has 1 aromatic carbocycles. The number of nitrogens with one attached hydrogen (secondary N) is 3. The zero-order valence-electron chi connectivity index (χ0n) is 20.8. The van der Waals surface area contributed by atoms with Crippen molar-refractivity contribution >= 4 is 22.6 Å². The summed E-state index contributed by atoms with van der Waals surface area (Å²) in [5.41, 5.74) is 1.18. The number of carbonyl (C=O) groups excluding carboxylic acids is 1. The van der Waals surface area contributed by atoms with Gasteiger partial charge in [-0.05, 0) is 42.9 Å². The van der Waals surface area contributed by atoms with Crippen LogP contribution in [-0.2, 0) is 6.54 Å². The fourth-order valence-corrected chi connectivity index (χ4v) is 4.17. The number of aromatic amines is 2. The molecule has 0 radical (unpaired) electrons. The summed E-state index contributed by atoms with van der Waals surface area (Å²) in [6.45, 7) is 8.20. The number of anilines is 1. The van der Waals surface area contributed by atoms with Crippen LogP contribution in [0.2, 0.25) is 0 Å². The van der Waals surface area contributed by atoms with E-state index in [1.54, 1.807) is 18.2 Å². The molecule has 1 aliphatic carbocycles. The molecule has 5 rings (SSSR count). The molecule has 186 valence electrons. The van der Waals surface area contributed by atoms with Gasteiger partial charge in [0.05, 0.1) is 10.9 Å². The number of H-pyrrole nitrogens is 2. The van der Waals surface area contributed by atoms with Gasteiger partial charge in [0.25, 0.3) is 11.5 Å². The molecule has 3 aromatic heterocycles. The summed E-state index contributed by atoms with van der Waals surface area (Å²) in [5, 5.41) is 10.3. The van der Waals surface area contributed by atoms with Gasteiger partial charge in [-0.15, -0.1) is 0 Å². The highest BCUT2D eigenvalue weighted by Gasteiger charge is 2.28. The summed E-state index contributed by atoms with van der Waals surface area (Å²) in [6, 6.07) is 8.92. The molecule has 1 fully saturated rings. The summed E-state index contributed by atoms with van der Waals surface area (Å²) in [7, 11) is 0. The van der Waals surface area contributed by atoms with E-state index in [0.29, 0.717) is 29.7 Å². The standard InChI is InChI=1S/C26H29N7O3/c1-13(2)12-33-23-20(25(35)30-26(33)36)18(11-19(28-23)14(3)4)24(34)27-17-7-5-6-16(10-17)22-29-21(31-32-22)15-8-9-15/h5-7,10-11,13-15H,8-9,12H2,1-4H3,(H,27,34)(H,29,31,32)(H,30,35,36). The third kappa shape index (κ3) is 4.58. The molecule has 3 N–H and O–H groups in total. The molecule has 10 heteroatoms. The van der Waals surface area contributed by atoms with E-state index in [4.69, 9.17) is 0 Å². The topological polar surface area (TPSA) is 138 Å². The van der Waals surface area contributed by atoms with Gasteiger partial charge in [0.15, 0.2) is 17.3 Å². The van der Waals surface area contributed by atoms with Gasteiger partial charge in [-0.1, -0.05) is 39.8 Å². The molecular formula is C26H29N7O3. The third-order valence-electron chi connectivity index (χ3n) is 6.19. The van der Waals surface area contributed by atoms with E-state index in [1.165, 1.54) is 4.57 Å². The van der Waals surface area contributed by atoms with Gasteiger partial charge in [-0.2, -0.15) is 5.10 Å². The maximum atomic E-state index is 13.5. The minimum atomic E-state index is -0.633. The van der Waals surface area contributed by atoms with Crippen molar-refractivity contribution in [3.63, 3.8) is 0 Å². The number of hydrogen-bond donors (Lipinski definition) is 3. The first-order valence-corrected chi connectivity index (χ1v) is 12.2. The van der Waals surface area contributed by atoms with E-state index in [2.05, 4.69) is 30.5 Å². The first-order chi connectivity index (χ1) is 17.2. The molecule has 0 atom stereocenters. The Morgan fingerprint density at radius 3 is 2.61 bits per heavy atom. The maximum absolute atomic E-state index is 13.5. The number of hydrogen-bond acceptors (Lipinski definition) is 6. The molecule has 36 heavy (non-hydrogen) atoms. The van der Waals surface area contributed by atoms with E-state index in [0.717, 1.165) is 24.2 Å². The average Bonchev–Trinajstić information content (AvgIpc) is 3.57. The minimum Gasteiger partial charge on any atom is -0.322 e. The molecule has 1 amide bonds. The number of carbonyl (C=O) groups is 1. The van der Waals surface area contributed by atoms with Crippen LogP contribution in [0.4, 0.5) is 5.69 Å². The molecule has 0 unspecified atom stereocenters. The van der Waals surface area contributed by atoms with E-state index in [-0.39, 0.29) is 28.4 Å². The molecule has 10 nitrogen and oxygen atoms in total. The van der Waals surface area contributed by atoms with Crippen LogP contribution in [0.3, 0.4) is 0 Å². The van der Waals surface area contributed by atoms with Crippen molar-refractivity contribution in [2.24, 2.45) is 5.92 Å². The molecule has 1 aliphatic rings. The smallest absolute Gasteiger partial charge is 0.322 e. The molecule has 0 saturated heterocycles. The average molecular weight is 488 g/mol. The molecule has 1 saturated carbocycles. The number of benzene rings is 1. The van der Waals surface area contributed by atoms with Gasteiger partial charge in [0.1, 0.15) is 0 Å². The highest BCUT2D eigenvalue weighted by molar-refractivity contribution is 6.12. The lowest BCUT2D eigenvalue weighted by atomic mass is 10.0. The molecule has 4 aromatic rings. The Labute approximate surface area is 207 Å². The predicted molar refractivity (Wildman–Crippen MR) is 137 cm³/mol. The lowest BCUT2D eigenvalue weighted by Crippen LogP contribution is -2.33. The van der Waals surface area contributed by atoms with Crippen LogP contribution >= 0.6 is 0 Å². The van der Waals surface area contributed by atoms with Crippen molar-refractivity contribution in [2.45, 2.75) is 58.9 Å². The first-order valence-electron chi connectivity index (χ1n) is 12.2. The molecule has 0 aliphatic heterocycles. The quantitative estimate of drug-likeness (QED) is 0.363. The molecule has 0 spiro atoms. The van der Waals surface area contributed by atoms with Crippen molar-refractivity contribution in [3.05, 3.63) is 68.3 Å². The van der Waals surface area contributed by atoms with E-state index < -0.39 is 17.2 Å². The van der Waals surface area contributed by atoms with Crippen molar-refractivity contribution in [1.29, 1.82) is 0 Å². The highest BCUT2D eigenvalue weighted by Crippen LogP contribution is 2.38. The van der Waals surface area contributed by atoms with Crippen molar-refractivity contribution in [2.75, 3.05) is 5.32 Å². The fraction of sp³-hybridized carbons (Fsp3) is 0.385. The van der Waals surface area contributed by atoms with Gasteiger partial charge >= 0.3 is 5.69 Å². The van der Waals surface area contributed by atoms with Crippen LogP contribution in [0, 0.1) is 5.92 Å². The number of pyridine rings is 1. The van der Waals surface area contributed by atoms with Crippen LogP contribution in [-0.4, -0.2) is 35.6 Å². The zero-order valence-corrected chi connectivity index (χ0v) is 20.8. The van der Waals surface area contributed by atoms with Gasteiger partial charge in [0.2, 0.25) is 0 Å². The Balaban J connectivity index is 1.55. The van der Waals surface area contributed by atoms with Crippen LogP contribution < -0.4 is 16.6 Å². The van der Waals surface area contributed by atoms with Crippen molar-refractivity contribution in [3.8, 4) is 11.4 Å². The van der Waals surface area contributed by atoms with Crippen LogP contribution in [0.25, 0.3) is 22.4 Å². The molecule has 0 bridgehead atoms. The predicted octanol–water partition coefficient (Wildman–Crippen LogP) is 3.78. The fourth-order valence-electron chi connectivity index (χ4n) is 4.17. The molecule has 3 heterocycles. The minimum absolute atomic E-state index is 0.0155. The Bertz CT molecular complexity index is 1570. The number of amides is 1. The Kier molecular flexibility index (Phi) is 6.03. The summed E-state index contributed by atoms with van der Waals surface area (Å²) in [4.78, 5) is 50.6. The van der Waals surface area contributed by atoms with Gasteiger partial charge < -0.3 is 5.32 Å². The largest absolute Gasteiger partial charge is 0.330 e. The monoisotopic (exact) mass is 487 g/mol. The van der Waals surface area contributed by atoms with Crippen LogP contribution in [0.5, 0.6) is 0 Å². The van der Waals surface area contributed by atoms with E-state index in [1.807, 2.05) is 39.8 Å². The normalized spacial score (nSPS) is 13.6. The SMILES string of the molecule is CC(C)Cn1c(=O)[nH]c(=O)c2c(C(=O)Nc3cccc(-c4nc(C5CC5)n[nH]4)c3)cc(C(C)C)nc21. The van der Waals surface area contributed by atoms with Crippen molar-refractivity contribution < 1.29 is 4.79 Å². The van der Waals surface area contributed by atoms with Crippen LogP contribution in [0.15, 0.2) is 39.9 Å². The number of fused-ring (bicyclic) bond motifs is 1. The Morgan fingerprint density at radius 1 is 1.14 bits per heavy atom. The highest BCUT2D eigenvalue weighted by atomic mass is 16.2. The Morgan fingerprint density at radius 2 is 1.92 bits per heavy atom. The summed E-state index contributed by atoms with van der Waals surface area (Å²) >= 11 is 0. The van der Waals surface area contributed by atoms with Gasteiger partial charge in [0, 0.05) is 29.4 Å². The van der Waals surface area contributed by atoms with Gasteiger partial charge in [-0.25, -0.2) is 14.8 Å². The van der Waals surface area contributed by atoms with Crippen LogP contribution in [0.1, 0.15) is 74.2 Å². The maximum Gasteiger partial charge on any atom is 0.330 e. The second-order valence-corrected chi connectivity index (χ2v) is 10.1. The lowest BCUT2D eigenvalue weighted by Gasteiger charge is -2.16. The number of aromatic nitrogens is 6. The second-order valence-electron chi connectivity index (χ2n) is 10.1. The second kappa shape index (κ2) is 9.18. The summed E-state index contributed by atoms with van der Waals surface area (Å²) in [6.07, 6.45) is 2.21. The molecular weight excluding hydrogens is 458 g/mol. The van der Waals surface area contributed by atoms with Gasteiger partial charge in [-0.3, -0.25) is 24.2 Å². The van der Waals surface area contributed by atoms with E-state index in [9.17, 15) is 14.4 Å². The zero-order chi connectivity index (χ0) is 25.6. The third-order valence-corrected chi connectivity index (χ3v) is 6.19. The van der Waals surface area contributed by atoms with Crippen molar-refractivity contribution in [1.82, 2.24) is 29.7 Å². The summed E-state index contributed by atoms with van der Waals surface area (Å²) in [5.74, 6) is 1.54. The Hall–Kier alpha value is -4.08. The van der Waals surface area contributed by atoms with E-state index >= 15 is 0 Å². The number of nitrogens with zero attached hydrogens (tertiary/aromatic N) is 4. The summed E-state index contributed by atoms with van der Waals surface area (Å²) < 4.78 is 1.44. The number of rotatable bonds is 7.